The third-order valence-corrected chi connectivity index (χ3v) is 8.30. The van der Waals surface area contributed by atoms with Gasteiger partial charge in [0.1, 0.15) is 0 Å². The Labute approximate surface area is 236 Å². The standard InChI is InChI=1S/C32H61NO4S/c1-3-5-7-8-9-10-17-20-23-26-30-38(36,37)33-32(35)29-25-22-19-16-14-12-11-13-15-18-21-24-28-31(34)27-6-4-2/h16,19,24,28,31,34H,3-15,17-18,20-23,25-27,29-30H2,1-2H3,(H,33,35)/t31-/m1/s1. The number of rotatable bonds is 28. The van der Waals surface area contributed by atoms with Gasteiger partial charge in [-0.05, 0) is 51.4 Å². The van der Waals surface area contributed by atoms with Gasteiger partial charge < -0.3 is 5.11 Å². The monoisotopic (exact) mass is 555 g/mol. The molecule has 0 saturated carbocycles. The van der Waals surface area contributed by atoms with Gasteiger partial charge in [0.2, 0.25) is 15.9 Å². The average Bonchev–Trinajstić information content (AvgIpc) is 2.88. The molecule has 2 N–H and O–H groups in total. The molecule has 0 saturated heterocycles. The van der Waals surface area contributed by atoms with Crippen LogP contribution in [0.1, 0.15) is 162 Å². The molecule has 0 fully saturated rings. The summed E-state index contributed by atoms with van der Waals surface area (Å²) in [5.74, 6) is -0.329. The van der Waals surface area contributed by atoms with Crippen molar-refractivity contribution in [2.75, 3.05) is 5.75 Å². The van der Waals surface area contributed by atoms with E-state index in [1.165, 1.54) is 77.0 Å². The van der Waals surface area contributed by atoms with Crippen molar-refractivity contribution in [1.29, 1.82) is 0 Å². The van der Waals surface area contributed by atoms with Crippen molar-refractivity contribution in [2.24, 2.45) is 0 Å². The van der Waals surface area contributed by atoms with E-state index in [9.17, 15) is 18.3 Å². The maximum Gasteiger partial charge on any atom is 0.234 e. The zero-order valence-electron chi connectivity index (χ0n) is 24.9. The highest BCUT2D eigenvalue weighted by Gasteiger charge is 2.13. The Bertz CT molecular complexity index is 688. The molecule has 0 aromatic carbocycles. The normalized spacial score (nSPS) is 13.0. The van der Waals surface area contributed by atoms with Crippen LogP contribution in [0, 0.1) is 0 Å². The van der Waals surface area contributed by atoms with Crippen molar-refractivity contribution >= 4 is 15.9 Å². The molecule has 0 aliphatic heterocycles. The van der Waals surface area contributed by atoms with Crippen molar-refractivity contribution in [2.45, 2.75) is 168 Å². The molecule has 0 bridgehead atoms. The van der Waals surface area contributed by atoms with Gasteiger partial charge in [0.05, 0.1) is 11.9 Å². The predicted molar refractivity (Wildman–Crippen MR) is 164 cm³/mol. The number of carbonyl (C=O) groups is 1. The molecule has 0 heterocycles. The molecule has 0 aliphatic carbocycles. The molecule has 6 heteroatoms. The lowest BCUT2D eigenvalue weighted by molar-refractivity contribution is -0.119. The van der Waals surface area contributed by atoms with Gasteiger partial charge in [-0.2, -0.15) is 0 Å². The Balaban J connectivity index is 3.57. The topological polar surface area (TPSA) is 83.5 Å². The summed E-state index contributed by atoms with van der Waals surface area (Å²) >= 11 is 0. The number of aliphatic hydroxyl groups excluding tert-OH is 1. The number of hydrogen-bond donors (Lipinski definition) is 2. The fourth-order valence-corrected chi connectivity index (χ4v) is 5.62. The van der Waals surface area contributed by atoms with Crippen LogP contribution in [0.2, 0.25) is 0 Å². The van der Waals surface area contributed by atoms with Gasteiger partial charge in [0, 0.05) is 6.42 Å². The number of carbonyl (C=O) groups excluding carboxylic acids is 1. The SMILES string of the molecule is CCCCCCCCCCCCS(=O)(=O)NC(=O)CCCC=CCCCCCCCC=C[C@H](O)CCCC. The quantitative estimate of drug-likeness (QED) is 0.0745. The molecule has 1 amide bonds. The van der Waals surface area contributed by atoms with E-state index in [4.69, 9.17) is 0 Å². The van der Waals surface area contributed by atoms with Gasteiger partial charge in [0.15, 0.2) is 0 Å². The fourth-order valence-electron chi connectivity index (χ4n) is 4.49. The number of hydrogen-bond acceptors (Lipinski definition) is 4. The van der Waals surface area contributed by atoms with Crippen molar-refractivity contribution in [3.63, 3.8) is 0 Å². The van der Waals surface area contributed by atoms with Gasteiger partial charge in [-0.1, -0.05) is 128 Å². The van der Waals surface area contributed by atoms with Crippen LogP contribution in [0.5, 0.6) is 0 Å². The molecule has 0 rings (SSSR count). The van der Waals surface area contributed by atoms with E-state index < -0.39 is 10.0 Å². The first-order chi connectivity index (χ1) is 18.4. The van der Waals surface area contributed by atoms with Gasteiger partial charge in [0.25, 0.3) is 0 Å². The summed E-state index contributed by atoms with van der Waals surface area (Å²) in [4.78, 5) is 12.0. The van der Waals surface area contributed by atoms with E-state index in [1.54, 1.807) is 0 Å². The summed E-state index contributed by atoms with van der Waals surface area (Å²) in [6.45, 7) is 4.37. The lowest BCUT2D eigenvalue weighted by Crippen LogP contribution is -2.32. The Morgan fingerprint density at radius 3 is 1.71 bits per heavy atom. The maximum absolute atomic E-state index is 12.1. The minimum absolute atomic E-state index is 0.0496. The molecule has 5 nitrogen and oxygen atoms in total. The van der Waals surface area contributed by atoms with Crippen LogP contribution in [0.25, 0.3) is 0 Å². The molecule has 0 aliphatic rings. The minimum Gasteiger partial charge on any atom is -0.389 e. The third-order valence-electron chi connectivity index (χ3n) is 6.93. The average molecular weight is 556 g/mol. The molecule has 0 aromatic heterocycles. The molecular weight excluding hydrogens is 494 g/mol. The molecule has 0 aromatic rings. The predicted octanol–water partition coefficient (Wildman–Crippen LogP) is 8.92. The highest BCUT2D eigenvalue weighted by Crippen LogP contribution is 2.12. The summed E-state index contributed by atoms with van der Waals surface area (Å²) in [7, 11) is -3.50. The summed E-state index contributed by atoms with van der Waals surface area (Å²) in [5.41, 5.74) is 0. The minimum atomic E-state index is -3.50. The molecular formula is C32H61NO4S. The van der Waals surface area contributed by atoms with Crippen molar-refractivity contribution in [1.82, 2.24) is 4.72 Å². The fraction of sp³-hybridized carbons (Fsp3) is 0.844. The zero-order chi connectivity index (χ0) is 28.2. The van der Waals surface area contributed by atoms with Crippen LogP contribution in [-0.2, 0) is 14.8 Å². The smallest absolute Gasteiger partial charge is 0.234 e. The number of sulfonamides is 1. The highest BCUT2D eigenvalue weighted by molar-refractivity contribution is 7.90. The van der Waals surface area contributed by atoms with Crippen molar-refractivity contribution < 1.29 is 18.3 Å². The maximum atomic E-state index is 12.1. The van der Waals surface area contributed by atoms with E-state index >= 15 is 0 Å². The van der Waals surface area contributed by atoms with Crippen molar-refractivity contribution in [3.05, 3.63) is 24.3 Å². The number of unbranched alkanes of at least 4 members (excludes halogenated alkanes) is 17. The zero-order valence-corrected chi connectivity index (χ0v) is 25.8. The molecule has 0 spiro atoms. The second-order valence-corrected chi connectivity index (χ2v) is 12.7. The van der Waals surface area contributed by atoms with E-state index in [1.807, 2.05) is 6.08 Å². The first-order valence-corrected chi connectivity index (χ1v) is 17.6. The summed E-state index contributed by atoms with van der Waals surface area (Å²) in [6.07, 6.45) is 32.7. The first-order valence-electron chi connectivity index (χ1n) is 15.9. The number of allylic oxidation sites excluding steroid dienone is 3. The van der Waals surface area contributed by atoms with Crippen molar-refractivity contribution in [3.8, 4) is 0 Å². The first kappa shape index (κ1) is 36.9. The van der Waals surface area contributed by atoms with Gasteiger partial charge in [-0.25, -0.2) is 8.42 Å². The Morgan fingerprint density at radius 2 is 1.13 bits per heavy atom. The van der Waals surface area contributed by atoms with Crippen LogP contribution in [0.15, 0.2) is 24.3 Å². The van der Waals surface area contributed by atoms with E-state index in [2.05, 4.69) is 36.8 Å². The molecule has 1 atom stereocenters. The van der Waals surface area contributed by atoms with Crippen LogP contribution in [-0.4, -0.2) is 31.3 Å². The number of aliphatic hydroxyl groups is 1. The largest absolute Gasteiger partial charge is 0.389 e. The van der Waals surface area contributed by atoms with E-state index in [0.717, 1.165) is 51.4 Å². The Kier molecular flexibility index (Phi) is 26.6. The van der Waals surface area contributed by atoms with Crippen LogP contribution < -0.4 is 4.72 Å². The second kappa shape index (κ2) is 27.4. The second-order valence-electron chi connectivity index (χ2n) is 10.9. The van der Waals surface area contributed by atoms with Gasteiger partial charge in [-0.15, -0.1) is 0 Å². The molecule has 0 unspecified atom stereocenters. The highest BCUT2D eigenvalue weighted by atomic mass is 32.2. The Hall–Kier alpha value is -1.14. The summed E-state index contributed by atoms with van der Waals surface area (Å²) in [6, 6.07) is 0. The van der Waals surface area contributed by atoms with Crippen LogP contribution in [0.4, 0.5) is 0 Å². The lowest BCUT2D eigenvalue weighted by Gasteiger charge is -2.07. The van der Waals surface area contributed by atoms with E-state index in [-0.39, 0.29) is 24.2 Å². The molecule has 0 radical (unpaired) electrons. The van der Waals surface area contributed by atoms with Gasteiger partial charge >= 0.3 is 0 Å². The summed E-state index contributed by atoms with van der Waals surface area (Å²) < 4.78 is 26.5. The van der Waals surface area contributed by atoms with Gasteiger partial charge in [-0.3, -0.25) is 9.52 Å². The van der Waals surface area contributed by atoms with Crippen LogP contribution in [0.3, 0.4) is 0 Å². The van der Waals surface area contributed by atoms with Crippen LogP contribution >= 0.6 is 0 Å². The lowest BCUT2D eigenvalue weighted by atomic mass is 10.1. The number of nitrogens with one attached hydrogen (secondary N) is 1. The number of amides is 1. The third kappa shape index (κ3) is 27.9. The summed E-state index contributed by atoms with van der Waals surface area (Å²) in [5, 5.41) is 9.77. The van der Waals surface area contributed by atoms with E-state index in [0.29, 0.717) is 12.8 Å². The Morgan fingerprint density at radius 1 is 0.658 bits per heavy atom. The molecule has 224 valence electrons. The molecule has 38 heavy (non-hydrogen) atoms.